The minimum Gasteiger partial charge on any atom is -0.462 e. The minimum absolute atomic E-state index is 0.123. The Balaban J connectivity index is 1.56. The highest BCUT2D eigenvalue weighted by Gasteiger charge is 2.50. The summed E-state index contributed by atoms with van der Waals surface area (Å²) >= 11 is 0. The predicted molar refractivity (Wildman–Crippen MR) is 123 cm³/mol. The molecule has 3 unspecified atom stereocenters. The van der Waals surface area contributed by atoms with Crippen molar-refractivity contribution in [3.05, 3.63) is 35.9 Å². The molecule has 1 saturated heterocycles. The second-order valence-corrected chi connectivity index (χ2v) is 9.89. The number of rotatable bonds is 11. The minimum atomic E-state index is -1.61. The number of esters is 2. The second kappa shape index (κ2) is 11.3. The van der Waals surface area contributed by atoms with Gasteiger partial charge in [0.2, 0.25) is 0 Å². The summed E-state index contributed by atoms with van der Waals surface area (Å²) in [4.78, 5) is 25.6. The first-order valence-electron chi connectivity index (χ1n) is 12.4. The van der Waals surface area contributed by atoms with Gasteiger partial charge in [0.05, 0.1) is 20.2 Å². The zero-order valence-corrected chi connectivity index (χ0v) is 19.8. The van der Waals surface area contributed by atoms with Gasteiger partial charge in [-0.15, -0.1) is 0 Å². The largest absolute Gasteiger partial charge is 0.462 e. The summed E-state index contributed by atoms with van der Waals surface area (Å²) in [6, 6.07) is 9.20. The third-order valence-electron chi connectivity index (χ3n) is 7.15. The Bertz CT molecular complexity index is 748. The van der Waals surface area contributed by atoms with Crippen molar-refractivity contribution in [1.29, 1.82) is 0 Å². The molecule has 1 aliphatic heterocycles. The zero-order valence-electron chi connectivity index (χ0n) is 19.8. The van der Waals surface area contributed by atoms with E-state index < -0.39 is 11.6 Å². The van der Waals surface area contributed by atoms with Crippen molar-refractivity contribution >= 4 is 11.9 Å². The van der Waals surface area contributed by atoms with Crippen molar-refractivity contribution in [1.82, 2.24) is 0 Å². The van der Waals surface area contributed by atoms with Crippen LogP contribution in [-0.4, -0.2) is 60.9 Å². The van der Waals surface area contributed by atoms with Crippen LogP contribution < -0.4 is 0 Å². The Hall–Kier alpha value is -1.92. The van der Waals surface area contributed by atoms with Gasteiger partial charge in [0, 0.05) is 12.3 Å². The molecule has 1 aliphatic carbocycles. The van der Waals surface area contributed by atoms with E-state index in [4.69, 9.17) is 9.47 Å². The quantitative estimate of drug-likeness (QED) is 0.317. The first-order chi connectivity index (χ1) is 15.4. The van der Waals surface area contributed by atoms with Gasteiger partial charge in [-0.2, -0.15) is 0 Å². The van der Waals surface area contributed by atoms with Crippen molar-refractivity contribution in [2.24, 2.45) is 5.92 Å². The summed E-state index contributed by atoms with van der Waals surface area (Å²) < 4.78 is 11.8. The number of carbonyl (C=O) groups excluding carboxylic acids is 2. The fraction of sp³-hybridized carbons (Fsp3) is 0.692. The maximum Gasteiger partial charge on any atom is 0.361 e. The van der Waals surface area contributed by atoms with Crippen molar-refractivity contribution in [2.75, 3.05) is 33.3 Å². The Morgan fingerprint density at radius 3 is 2.50 bits per heavy atom. The molecule has 0 bridgehead atoms. The lowest BCUT2D eigenvalue weighted by molar-refractivity contribution is -0.891. The normalized spacial score (nSPS) is 25.4. The third-order valence-corrected chi connectivity index (χ3v) is 7.15. The smallest absolute Gasteiger partial charge is 0.361 e. The molecule has 1 aromatic rings. The molecule has 2 aliphatic rings. The lowest BCUT2D eigenvalue weighted by Crippen LogP contribution is -2.48. The number of likely N-dealkylation sites (tertiary alicyclic amines) is 1. The lowest BCUT2D eigenvalue weighted by atomic mass is 9.80. The topological polar surface area (TPSA) is 72.8 Å². The molecule has 1 N–H and O–H groups in total. The average Bonchev–Trinajstić information content (AvgIpc) is 3.44. The van der Waals surface area contributed by atoms with Crippen LogP contribution in [0, 0.1) is 5.92 Å². The monoisotopic (exact) mass is 446 g/mol. The summed E-state index contributed by atoms with van der Waals surface area (Å²) in [6.07, 6.45) is 8.37. The molecule has 178 valence electrons. The van der Waals surface area contributed by atoms with Gasteiger partial charge in [-0.25, -0.2) is 9.59 Å². The lowest BCUT2D eigenvalue weighted by Gasteiger charge is -2.33. The molecule has 2 fully saturated rings. The van der Waals surface area contributed by atoms with E-state index in [1.807, 2.05) is 37.4 Å². The van der Waals surface area contributed by atoms with E-state index in [-0.39, 0.29) is 24.5 Å². The molecular formula is C26H40NO5+. The zero-order chi connectivity index (χ0) is 23.0. The van der Waals surface area contributed by atoms with Crippen molar-refractivity contribution in [3.8, 4) is 0 Å². The molecule has 0 radical (unpaired) electrons. The van der Waals surface area contributed by atoms with E-state index >= 15 is 0 Å². The molecule has 3 atom stereocenters. The van der Waals surface area contributed by atoms with Crippen LogP contribution >= 0.6 is 0 Å². The summed E-state index contributed by atoms with van der Waals surface area (Å²) in [5.74, 6) is -0.863. The summed E-state index contributed by atoms with van der Waals surface area (Å²) in [5.41, 5.74) is -1.000. The van der Waals surface area contributed by atoms with Gasteiger partial charge >= 0.3 is 11.9 Å². The maximum atomic E-state index is 13.3. The van der Waals surface area contributed by atoms with Crippen molar-refractivity contribution in [3.63, 3.8) is 0 Å². The Morgan fingerprint density at radius 2 is 1.81 bits per heavy atom. The second-order valence-electron chi connectivity index (χ2n) is 9.89. The molecular weight excluding hydrogens is 406 g/mol. The van der Waals surface area contributed by atoms with Crippen LogP contribution in [0.2, 0.25) is 0 Å². The van der Waals surface area contributed by atoms with Crippen LogP contribution in [0.15, 0.2) is 30.3 Å². The molecule has 1 aromatic carbocycles. The Labute approximate surface area is 192 Å². The molecule has 32 heavy (non-hydrogen) atoms. The molecule has 0 spiro atoms. The number of carbonyl (C=O) groups is 2. The van der Waals surface area contributed by atoms with Gasteiger partial charge in [0.15, 0.2) is 18.2 Å². The molecule has 1 saturated carbocycles. The Kier molecular flexibility index (Phi) is 8.72. The van der Waals surface area contributed by atoms with E-state index in [0.29, 0.717) is 29.6 Å². The number of unbranched alkanes of at least 4 members (excludes halogenated alkanes) is 3. The number of benzene rings is 1. The van der Waals surface area contributed by atoms with Crippen molar-refractivity contribution < 1.29 is 28.7 Å². The number of aliphatic hydroxyl groups is 1. The molecule has 3 rings (SSSR count). The molecule has 0 amide bonds. The van der Waals surface area contributed by atoms with Gasteiger partial charge < -0.3 is 19.1 Å². The van der Waals surface area contributed by atoms with Gasteiger partial charge in [-0.1, -0.05) is 69.4 Å². The maximum absolute atomic E-state index is 13.3. The number of nitrogens with zero attached hydrogens (tertiary/aromatic N) is 1. The highest BCUT2D eigenvalue weighted by atomic mass is 16.6. The number of hydrogen-bond donors (Lipinski definition) is 1. The van der Waals surface area contributed by atoms with Crippen LogP contribution in [0.25, 0.3) is 0 Å². The van der Waals surface area contributed by atoms with Crippen LogP contribution in [0.4, 0.5) is 0 Å². The molecule has 0 aromatic heterocycles. The van der Waals surface area contributed by atoms with E-state index in [1.165, 1.54) is 0 Å². The molecule has 1 heterocycles. The summed E-state index contributed by atoms with van der Waals surface area (Å²) in [5, 5.41) is 11.6. The van der Waals surface area contributed by atoms with Crippen molar-refractivity contribution in [2.45, 2.75) is 76.4 Å². The highest BCUT2D eigenvalue weighted by Crippen LogP contribution is 2.42. The highest BCUT2D eigenvalue weighted by molar-refractivity contribution is 5.81. The average molecular weight is 447 g/mol. The first kappa shape index (κ1) is 24.7. The van der Waals surface area contributed by atoms with Gasteiger partial charge in [-0.3, -0.25) is 0 Å². The van der Waals surface area contributed by atoms with Gasteiger partial charge in [0.25, 0.3) is 0 Å². The van der Waals surface area contributed by atoms with E-state index in [1.54, 1.807) is 0 Å². The third kappa shape index (κ3) is 6.10. The van der Waals surface area contributed by atoms with Crippen LogP contribution in [0.3, 0.4) is 0 Å². The fourth-order valence-electron chi connectivity index (χ4n) is 5.24. The Morgan fingerprint density at radius 1 is 1.09 bits per heavy atom. The number of quaternary nitrogens is 1. The number of ether oxygens (including phenoxy) is 2. The van der Waals surface area contributed by atoms with E-state index in [2.05, 4.69) is 6.92 Å². The predicted octanol–water partition coefficient (Wildman–Crippen LogP) is 3.95. The van der Waals surface area contributed by atoms with Crippen LogP contribution in [0.5, 0.6) is 0 Å². The number of hydrogen-bond acceptors (Lipinski definition) is 5. The first-order valence-corrected chi connectivity index (χ1v) is 12.4. The van der Waals surface area contributed by atoms with Gasteiger partial charge in [-0.05, 0) is 24.8 Å². The molecule has 6 nitrogen and oxygen atoms in total. The fourth-order valence-corrected chi connectivity index (χ4v) is 5.24. The molecule has 6 heteroatoms. The standard InChI is InChI=1S/C26H40NO5/c1-3-4-5-11-18-31-24(28)20-27(2)17-16-23(19-27)32-25(29)26(30,22-14-9-10-15-22)21-12-7-6-8-13-21/h6-8,12-13,22-23,30H,3-5,9-11,14-20H2,1-2H3/q+1. The van der Waals surface area contributed by atoms with Gasteiger partial charge in [0.1, 0.15) is 6.54 Å². The number of likely N-dealkylation sites (N-methyl/N-ethyl adjacent to an activating group) is 1. The van der Waals surface area contributed by atoms with Crippen LogP contribution in [-0.2, 0) is 24.7 Å². The van der Waals surface area contributed by atoms with Crippen LogP contribution in [0.1, 0.15) is 70.3 Å². The van der Waals surface area contributed by atoms with E-state index in [0.717, 1.165) is 57.9 Å². The summed E-state index contributed by atoms with van der Waals surface area (Å²) in [7, 11) is 2.01. The summed E-state index contributed by atoms with van der Waals surface area (Å²) in [6.45, 7) is 4.22. The SMILES string of the molecule is CCCCCCOC(=O)C[N+]1(C)CCC(OC(=O)C(O)(c2ccccc2)C2CCCC2)C1. The van der Waals surface area contributed by atoms with E-state index in [9.17, 15) is 14.7 Å².